The van der Waals surface area contributed by atoms with Crippen LogP contribution in [0.4, 0.5) is 22.7 Å². The Kier molecular flexibility index (Phi) is 5.21. The molecule has 2 aromatic heterocycles. The summed E-state index contributed by atoms with van der Waals surface area (Å²) in [4.78, 5) is 22.9. The number of carbonyl (C=O) groups excluding carboxylic acids is 1. The van der Waals surface area contributed by atoms with Gasteiger partial charge in [-0.1, -0.05) is 23.5 Å². The van der Waals surface area contributed by atoms with E-state index in [1.165, 1.54) is 35.2 Å². The standard InChI is InChI=1S/C21H13F4N3OS/c22-16-6-7-17-18(10-16)30-20(27-17)28(12-13-3-2-8-26-11-13)19(29)14-4-1-5-15(9-14)21(23,24)25/h1-11H,12H2. The Morgan fingerprint density at radius 3 is 2.63 bits per heavy atom. The summed E-state index contributed by atoms with van der Waals surface area (Å²) in [5, 5.41) is 0.252. The van der Waals surface area contributed by atoms with Crippen molar-refractivity contribution < 1.29 is 22.4 Å². The molecule has 1 amide bonds. The van der Waals surface area contributed by atoms with Crippen LogP contribution in [0.3, 0.4) is 0 Å². The number of amides is 1. The zero-order chi connectivity index (χ0) is 21.3. The monoisotopic (exact) mass is 431 g/mol. The van der Waals surface area contributed by atoms with Crippen LogP contribution in [0.2, 0.25) is 0 Å². The Balaban J connectivity index is 1.77. The fourth-order valence-corrected chi connectivity index (χ4v) is 3.87. The number of aromatic nitrogens is 2. The molecule has 4 rings (SSSR count). The summed E-state index contributed by atoms with van der Waals surface area (Å²) in [6.45, 7) is 0.0468. The number of benzene rings is 2. The lowest BCUT2D eigenvalue weighted by Crippen LogP contribution is -2.30. The number of halogens is 4. The second kappa shape index (κ2) is 7.83. The number of fused-ring (bicyclic) bond motifs is 1. The van der Waals surface area contributed by atoms with Crippen LogP contribution in [0, 0.1) is 5.82 Å². The average molecular weight is 431 g/mol. The number of nitrogens with zero attached hydrogens (tertiary/aromatic N) is 3. The van der Waals surface area contributed by atoms with E-state index in [0.29, 0.717) is 15.8 Å². The molecule has 0 N–H and O–H groups in total. The largest absolute Gasteiger partial charge is 0.416 e. The average Bonchev–Trinajstić information content (AvgIpc) is 3.14. The fraction of sp³-hybridized carbons (Fsp3) is 0.0952. The summed E-state index contributed by atoms with van der Waals surface area (Å²) in [5.74, 6) is -1.09. The third kappa shape index (κ3) is 4.16. The third-order valence-corrected chi connectivity index (χ3v) is 5.36. The molecule has 152 valence electrons. The summed E-state index contributed by atoms with van der Waals surface area (Å²) in [7, 11) is 0. The van der Waals surface area contributed by atoms with Crippen LogP contribution >= 0.6 is 11.3 Å². The minimum Gasteiger partial charge on any atom is -0.279 e. The number of hydrogen-bond acceptors (Lipinski definition) is 4. The summed E-state index contributed by atoms with van der Waals surface area (Å²) >= 11 is 1.08. The van der Waals surface area contributed by atoms with Crippen molar-refractivity contribution in [3.8, 4) is 0 Å². The first-order valence-electron chi connectivity index (χ1n) is 8.75. The zero-order valence-electron chi connectivity index (χ0n) is 15.2. The lowest BCUT2D eigenvalue weighted by Gasteiger charge is -2.20. The van der Waals surface area contributed by atoms with Gasteiger partial charge < -0.3 is 0 Å². The second-order valence-corrected chi connectivity index (χ2v) is 7.45. The molecule has 2 aromatic carbocycles. The van der Waals surface area contributed by atoms with Gasteiger partial charge in [-0.25, -0.2) is 9.37 Å². The molecule has 0 saturated carbocycles. The lowest BCUT2D eigenvalue weighted by molar-refractivity contribution is -0.137. The van der Waals surface area contributed by atoms with E-state index in [4.69, 9.17) is 0 Å². The number of anilines is 1. The molecule has 0 bridgehead atoms. The molecule has 9 heteroatoms. The Labute approximate surface area is 172 Å². The molecule has 0 aliphatic heterocycles. The van der Waals surface area contributed by atoms with Crippen molar-refractivity contribution in [2.24, 2.45) is 0 Å². The van der Waals surface area contributed by atoms with Gasteiger partial charge in [0.2, 0.25) is 0 Å². The van der Waals surface area contributed by atoms with E-state index in [0.717, 1.165) is 23.5 Å². The van der Waals surface area contributed by atoms with Crippen molar-refractivity contribution in [2.75, 3.05) is 4.90 Å². The summed E-state index contributed by atoms with van der Waals surface area (Å²) in [5.41, 5.74) is 0.118. The SMILES string of the molecule is O=C(c1cccc(C(F)(F)F)c1)N(Cc1cccnc1)c1nc2ccc(F)cc2s1. The molecule has 0 unspecified atom stereocenters. The highest BCUT2D eigenvalue weighted by Gasteiger charge is 2.32. The van der Waals surface area contributed by atoms with Gasteiger partial charge in [0.25, 0.3) is 5.91 Å². The van der Waals surface area contributed by atoms with Gasteiger partial charge in [-0.15, -0.1) is 0 Å². The number of hydrogen-bond donors (Lipinski definition) is 0. The quantitative estimate of drug-likeness (QED) is 0.390. The maximum atomic E-state index is 13.6. The molecule has 0 saturated heterocycles. The van der Waals surface area contributed by atoms with Gasteiger partial charge in [-0.2, -0.15) is 13.2 Å². The molecule has 4 aromatic rings. The first-order chi connectivity index (χ1) is 14.3. The molecule has 0 fully saturated rings. The van der Waals surface area contributed by atoms with Crippen LogP contribution in [-0.4, -0.2) is 15.9 Å². The number of rotatable bonds is 4. The van der Waals surface area contributed by atoms with Crippen molar-refractivity contribution in [1.29, 1.82) is 0 Å². The van der Waals surface area contributed by atoms with Crippen LogP contribution in [-0.2, 0) is 12.7 Å². The maximum absolute atomic E-state index is 13.6. The minimum atomic E-state index is -4.57. The number of thiazole rings is 1. The van der Waals surface area contributed by atoms with Crippen molar-refractivity contribution in [3.05, 3.63) is 89.5 Å². The van der Waals surface area contributed by atoms with Gasteiger partial charge in [0.15, 0.2) is 5.13 Å². The van der Waals surface area contributed by atoms with E-state index in [9.17, 15) is 22.4 Å². The molecular weight excluding hydrogens is 418 g/mol. The predicted molar refractivity (Wildman–Crippen MR) is 106 cm³/mol. The van der Waals surface area contributed by atoms with E-state index >= 15 is 0 Å². The number of alkyl halides is 3. The lowest BCUT2D eigenvalue weighted by atomic mass is 10.1. The van der Waals surface area contributed by atoms with E-state index in [1.54, 1.807) is 24.5 Å². The number of carbonyl (C=O) groups is 1. The van der Waals surface area contributed by atoms with Gasteiger partial charge in [-0.05, 0) is 48.0 Å². The van der Waals surface area contributed by atoms with Gasteiger partial charge in [0.1, 0.15) is 5.82 Å². The van der Waals surface area contributed by atoms with E-state index in [2.05, 4.69) is 9.97 Å². The van der Waals surface area contributed by atoms with E-state index < -0.39 is 23.5 Å². The molecule has 0 radical (unpaired) electrons. The second-order valence-electron chi connectivity index (χ2n) is 6.44. The van der Waals surface area contributed by atoms with Crippen LogP contribution in [0.5, 0.6) is 0 Å². The Hall–Kier alpha value is -3.33. The first-order valence-corrected chi connectivity index (χ1v) is 9.57. The third-order valence-electron chi connectivity index (χ3n) is 4.32. The van der Waals surface area contributed by atoms with Crippen LogP contribution in [0.15, 0.2) is 67.0 Å². The van der Waals surface area contributed by atoms with Crippen LogP contribution in [0.25, 0.3) is 10.2 Å². The Bertz CT molecular complexity index is 1210. The van der Waals surface area contributed by atoms with Crippen molar-refractivity contribution in [2.45, 2.75) is 12.7 Å². The molecule has 0 spiro atoms. The maximum Gasteiger partial charge on any atom is 0.416 e. The predicted octanol–water partition coefficient (Wildman–Crippen LogP) is 5.70. The van der Waals surface area contributed by atoms with Gasteiger partial charge in [-0.3, -0.25) is 14.7 Å². The van der Waals surface area contributed by atoms with Crippen molar-refractivity contribution in [3.63, 3.8) is 0 Å². The normalized spacial score (nSPS) is 11.6. The van der Waals surface area contributed by atoms with Crippen molar-refractivity contribution in [1.82, 2.24) is 9.97 Å². The topological polar surface area (TPSA) is 46.1 Å². The molecule has 2 heterocycles. The molecule has 0 atom stereocenters. The number of pyridine rings is 1. The van der Waals surface area contributed by atoms with Crippen LogP contribution in [0.1, 0.15) is 21.5 Å². The Morgan fingerprint density at radius 1 is 1.07 bits per heavy atom. The zero-order valence-corrected chi connectivity index (χ0v) is 16.0. The fourth-order valence-electron chi connectivity index (χ4n) is 2.89. The minimum absolute atomic E-state index is 0.0468. The molecule has 30 heavy (non-hydrogen) atoms. The first kappa shape index (κ1) is 20.0. The van der Waals surface area contributed by atoms with Crippen LogP contribution < -0.4 is 4.90 Å². The van der Waals surface area contributed by atoms with E-state index in [1.807, 2.05) is 0 Å². The van der Waals surface area contributed by atoms with Gasteiger partial charge in [0.05, 0.1) is 22.3 Å². The van der Waals surface area contributed by atoms with Gasteiger partial charge >= 0.3 is 6.18 Å². The molecule has 0 aliphatic rings. The highest BCUT2D eigenvalue weighted by atomic mass is 32.1. The smallest absolute Gasteiger partial charge is 0.279 e. The molecule has 4 nitrogen and oxygen atoms in total. The summed E-state index contributed by atoms with van der Waals surface area (Å²) < 4.78 is 53.4. The molecular formula is C21H13F4N3OS. The highest BCUT2D eigenvalue weighted by molar-refractivity contribution is 7.22. The van der Waals surface area contributed by atoms with Crippen molar-refractivity contribution >= 4 is 32.6 Å². The summed E-state index contributed by atoms with van der Waals surface area (Å²) in [6, 6.07) is 11.7. The highest BCUT2D eigenvalue weighted by Crippen LogP contribution is 2.33. The molecule has 0 aliphatic carbocycles. The van der Waals surface area contributed by atoms with Gasteiger partial charge in [0, 0.05) is 18.0 Å². The van der Waals surface area contributed by atoms with E-state index in [-0.39, 0.29) is 17.2 Å². The Morgan fingerprint density at radius 2 is 1.90 bits per heavy atom. The summed E-state index contributed by atoms with van der Waals surface area (Å²) in [6.07, 6.45) is -1.44.